The van der Waals surface area contributed by atoms with E-state index in [1.54, 1.807) is 0 Å². The van der Waals surface area contributed by atoms with Gasteiger partial charge in [-0.2, -0.15) is 0 Å². The van der Waals surface area contributed by atoms with E-state index < -0.39 is 17.9 Å². The number of aliphatic hydroxyl groups excluding tert-OH is 1. The van der Waals surface area contributed by atoms with Crippen molar-refractivity contribution >= 4 is 11.8 Å². The van der Waals surface area contributed by atoms with Crippen molar-refractivity contribution in [2.45, 2.75) is 6.10 Å². The van der Waals surface area contributed by atoms with E-state index in [-0.39, 0.29) is 0 Å². The molecule has 4 N–H and O–H groups in total. The number of rotatable bonds is 2. The van der Waals surface area contributed by atoms with Gasteiger partial charge in [0.15, 0.2) is 0 Å². The highest BCUT2D eigenvalue weighted by Crippen LogP contribution is 1.77. The molecule has 0 saturated carbocycles. The van der Waals surface area contributed by atoms with Crippen molar-refractivity contribution in [3.05, 3.63) is 0 Å². The molecule has 0 saturated heterocycles. The van der Waals surface area contributed by atoms with Gasteiger partial charge in [-0.1, -0.05) is 0 Å². The van der Waals surface area contributed by atoms with Gasteiger partial charge in [-0.05, 0) is 0 Å². The highest BCUT2D eigenvalue weighted by atomic mass is 16.3. The Morgan fingerprint density at radius 3 is 2.22 bits per heavy atom. The van der Waals surface area contributed by atoms with Crippen molar-refractivity contribution in [1.82, 2.24) is 5.32 Å². The summed E-state index contributed by atoms with van der Waals surface area (Å²) in [5, 5.41) is 10.6. The zero-order chi connectivity index (χ0) is 7.44. The smallest absolute Gasteiger partial charge is 0.258 e. The highest BCUT2D eigenvalue weighted by Gasteiger charge is 2.18. The van der Waals surface area contributed by atoms with Crippen LogP contribution in [-0.4, -0.2) is 30.1 Å². The Morgan fingerprint density at radius 1 is 1.67 bits per heavy atom. The number of amides is 2. The van der Waals surface area contributed by atoms with Crippen molar-refractivity contribution in [3.63, 3.8) is 0 Å². The maximum Gasteiger partial charge on any atom is 0.258 e. The summed E-state index contributed by atoms with van der Waals surface area (Å²) in [6.07, 6.45) is -1.73. The van der Waals surface area contributed by atoms with E-state index in [2.05, 4.69) is 11.1 Å². The maximum absolute atomic E-state index is 10.3. The summed E-state index contributed by atoms with van der Waals surface area (Å²) in [6, 6.07) is 0. The lowest BCUT2D eigenvalue weighted by atomic mass is 10.3. The molecule has 0 aromatic rings. The molecule has 0 aliphatic carbocycles. The van der Waals surface area contributed by atoms with E-state index in [0.717, 1.165) is 0 Å². The monoisotopic (exact) mass is 132 g/mol. The second kappa shape index (κ2) is 3.03. The van der Waals surface area contributed by atoms with Gasteiger partial charge < -0.3 is 16.2 Å². The molecule has 5 heteroatoms. The zero-order valence-electron chi connectivity index (χ0n) is 4.92. The van der Waals surface area contributed by atoms with Gasteiger partial charge in [-0.3, -0.25) is 9.59 Å². The first-order valence-corrected chi connectivity index (χ1v) is 2.28. The minimum atomic E-state index is -1.73. The number of nitrogens with two attached hydrogens (primary N) is 1. The zero-order valence-corrected chi connectivity index (χ0v) is 4.92. The molecule has 0 aliphatic rings. The van der Waals surface area contributed by atoms with Gasteiger partial charge in [0.1, 0.15) is 0 Å². The molecule has 0 aromatic heterocycles. The summed E-state index contributed by atoms with van der Waals surface area (Å²) >= 11 is 0. The predicted molar refractivity (Wildman–Crippen MR) is 29.3 cm³/mol. The minimum absolute atomic E-state index is 0.789. The third-order valence-corrected chi connectivity index (χ3v) is 0.764. The summed E-state index contributed by atoms with van der Waals surface area (Å²) in [6.45, 7) is 0. The molecule has 0 aliphatic heterocycles. The lowest BCUT2D eigenvalue weighted by molar-refractivity contribution is -0.138. The summed E-state index contributed by atoms with van der Waals surface area (Å²) < 4.78 is 0. The van der Waals surface area contributed by atoms with Crippen LogP contribution in [0.1, 0.15) is 0 Å². The van der Waals surface area contributed by atoms with Crippen LogP contribution in [0.15, 0.2) is 0 Å². The molecule has 2 amide bonds. The van der Waals surface area contributed by atoms with Gasteiger partial charge in [-0.25, -0.2) is 0 Å². The lowest BCUT2D eigenvalue weighted by Gasteiger charge is -2.01. The number of carbonyl (C=O) groups excluding carboxylic acids is 2. The molecule has 0 fully saturated rings. The van der Waals surface area contributed by atoms with Gasteiger partial charge in [0.25, 0.3) is 11.8 Å². The highest BCUT2D eigenvalue weighted by molar-refractivity contribution is 6.01. The van der Waals surface area contributed by atoms with Crippen LogP contribution in [0, 0.1) is 0 Å². The van der Waals surface area contributed by atoms with Crippen LogP contribution < -0.4 is 11.1 Å². The first-order valence-electron chi connectivity index (χ1n) is 2.28. The minimum Gasteiger partial charge on any atom is -0.375 e. The molecule has 5 nitrogen and oxygen atoms in total. The third kappa shape index (κ3) is 2.09. The van der Waals surface area contributed by atoms with Crippen molar-refractivity contribution in [3.8, 4) is 0 Å². The fraction of sp³-hybridized carbons (Fsp3) is 0.500. The Labute approximate surface area is 51.8 Å². The normalized spacial score (nSPS) is 12.2. The van der Waals surface area contributed by atoms with Crippen LogP contribution in [0.25, 0.3) is 0 Å². The molecule has 52 valence electrons. The summed E-state index contributed by atoms with van der Waals surface area (Å²) in [5.41, 5.74) is 4.56. The van der Waals surface area contributed by atoms with E-state index in [0.29, 0.717) is 0 Å². The quantitative estimate of drug-likeness (QED) is 0.365. The van der Waals surface area contributed by atoms with Gasteiger partial charge >= 0.3 is 0 Å². The van der Waals surface area contributed by atoms with E-state index in [1.165, 1.54) is 7.05 Å². The van der Waals surface area contributed by atoms with E-state index in [4.69, 9.17) is 5.11 Å². The second-order valence-electron chi connectivity index (χ2n) is 1.42. The van der Waals surface area contributed by atoms with E-state index in [1.807, 2.05) is 0 Å². The number of aliphatic hydroxyl groups is 1. The number of hydrogen-bond donors (Lipinski definition) is 3. The fourth-order valence-electron chi connectivity index (χ4n) is 0.266. The predicted octanol–water partition coefficient (Wildman–Crippen LogP) is -2.42. The molecular formula is C4H8N2O3. The Morgan fingerprint density at radius 2 is 2.11 bits per heavy atom. The molecule has 1 unspecified atom stereocenters. The number of nitrogens with one attached hydrogen (secondary N) is 1. The van der Waals surface area contributed by atoms with Crippen molar-refractivity contribution in [2.24, 2.45) is 5.73 Å². The molecular weight excluding hydrogens is 124 g/mol. The number of primary amides is 1. The van der Waals surface area contributed by atoms with Crippen molar-refractivity contribution in [2.75, 3.05) is 7.05 Å². The Bertz CT molecular complexity index is 134. The average Bonchev–Trinajstić information content (AvgIpc) is 1.84. The maximum atomic E-state index is 10.3. The molecule has 9 heavy (non-hydrogen) atoms. The second-order valence-corrected chi connectivity index (χ2v) is 1.42. The first kappa shape index (κ1) is 7.90. The molecule has 0 heterocycles. The van der Waals surface area contributed by atoms with Gasteiger partial charge in [0, 0.05) is 7.05 Å². The van der Waals surface area contributed by atoms with E-state index >= 15 is 0 Å². The largest absolute Gasteiger partial charge is 0.375 e. The van der Waals surface area contributed by atoms with Crippen LogP contribution in [0.3, 0.4) is 0 Å². The molecule has 0 aromatic carbocycles. The third-order valence-electron chi connectivity index (χ3n) is 0.764. The summed E-state index contributed by atoms with van der Waals surface area (Å²) in [5.74, 6) is -1.84. The van der Waals surface area contributed by atoms with Gasteiger partial charge in [-0.15, -0.1) is 0 Å². The van der Waals surface area contributed by atoms with Crippen LogP contribution in [0.5, 0.6) is 0 Å². The van der Waals surface area contributed by atoms with Crippen LogP contribution in [-0.2, 0) is 9.59 Å². The SMILES string of the molecule is CNC(=O)C(O)C(N)=O. The van der Waals surface area contributed by atoms with Crippen LogP contribution in [0.4, 0.5) is 0 Å². The van der Waals surface area contributed by atoms with Gasteiger partial charge in [0.05, 0.1) is 0 Å². The lowest BCUT2D eigenvalue weighted by Crippen LogP contribution is -2.41. The van der Waals surface area contributed by atoms with Crippen molar-refractivity contribution in [1.29, 1.82) is 0 Å². The van der Waals surface area contributed by atoms with Crippen LogP contribution in [0.2, 0.25) is 0 Å². The molecule has 0 bridgehead atoms. The average molecular weight is 132 g/mol. The summed E-state index contributed by atoms with van der Waals surface area (Å²) in [4.78, 5) is 20.3. The number of carbonyl (C=O) groups is 2. The summed E-state index contributed by atoms with van der Waals surface area (Å²) in [7, 11) is 1.30. The Balaban J connectivity index is 3.88. The molecule has 0 rings (SSSR count). The Hall–Kier alpha value is -1.10. The molecule has 1 atom stereocenters. The topological polar surface area (TPSA) is 92.4 Å². The number of hydrogen-bond acceptors (Lipinski definition) is 3. The van der Waals surface area contributed by atoms with Crippen molar-refractivity contribution < 1.29 is 14.7 Å². The van der Waals surface area contributed by atoms with Crippen LogP contribution >= 0.6 is 0 Å². The first-order chi connectivity index (χ1) is 4.09. The fourth-order valence-corrected chi connectivity index (χ4v) is 0.266. The number of likely N-dealkylation sites (N-methyl/N-ethyl adjacent to an activating group) is 1. The Kier molecular flexibility index (Phi) is 2.66. The van der Waals surface area contributed by atoms with E-state index in [9.17, 15) is 9.59 Å². The van der Waals surface area contributed by atoms with Gasteiger partial charge in [0.2, 0.25) is 6.10 Å². The molecule has 0 spiro atoms. The molecule has 0 radical (unpaired) electrons. The standard InChI is InChI=1S/C4H8N2O3/c1-6-4(9)2(7)3(5)8/h2,7H,1H3,(H2,5,8)(H,6,9).